The Morgan fingerprint density at radius 2 is 1.42 bits per heavy atom. The van der Waals surface area contributed by atoms with E-state index in [-0.39, 0.29) is 11.5 Å². The van der Waals surface area contributed by atoms with Gasteiger partial charge in [0.05, 0.1) is 0 Å². The Bertz CT molecular complexity index is 789. The van der Waals surface area contributed by atoms with Crippen LogP contribution in [-0.2, 0) is 0 Å². The Balaban J connectivity index is 1.91. The van der Waals surface area contributed by atoms with Crippen LogP contribution in [0.5, 0.6) is 11.5 Å². The van der Waals surface area contributed by atoms with E-state index in [4.69, 9.17) is 0 Å². The largest absolute Gasteiger partial charge is 0.508 e. The first-order valence-electron chi connectivity index (χ1n) is 8.43. The highest BCUT2D eigenvalue weighted by Gasteiger charge is 2.26. The van der Waals surface area contributed by atoms with Crippen molar-refractivity contribution in [1.29, 1.82) is 0 Å². The van der Waals surface area contributed by atoms with Crippen molar-refractivity contribution in [2.24, 2.45) is 5.92 Å². The summed E-state index contributed by atoms with van der Waals surface area (Å²) in [6, 6.07) is 14.8. The molecule has 2 aromatic rings. The molecule has 0 amide bonds. The number of rotatable bonds is 2. The maximum Gasteiger partial charge on any atom is 0.115 e. The number of allylic oxidation sites excluding steroid dienone is 5. The first-order valence-corrected chi connectivity index (χ1v) is 8.43. The minimum atomic E-state index is 0.275. The van der Waals surface area contributed by atoms with E-state index in [9.17, 15) is 10.2 Å². The van der Waals surface area contributed by atoms with Crippen molar-refractivity contribution >= 4 is 5.57 Å². The predicted octanol–water partition coefficient (Wildman–Crippen LogP) is 5.20. The molecule has 1 saturated carbocycles. The maximum atomic E-state index is 9.64. The van der Waals surface area contributed by atoms with Gasteiger partial charge < -0.3 is 10.2 Å². The summed E-state index contributed by atoms with van der Waals surface area (Å²) in [4.78, 5) is 0. The lowest BCUT2D eigenvalue weighted by Gasteiger charge is -2.27. The SMILES string of the molecule is Oc1ccc(C(=C2CCCC3C=CC=C23)c2ccc(O)cc2)cc1. The van der Waals surface area contributed by atoms with Crippen LogP contribution in [-0.4, -0.2) is 10.2 Å². The number of hydrogen-bond donors (Lipinski definition) is 2. The van der Waals surface area contributed by atoms with Gasteiger partial charge in [-0.3, -0.25) is 0 Å². The lowest BCUT2D eigenvalue weighted by atomic mass is 9.77. The fourth-order valence-corrected chi connectivity index (χ4v) is 3.78. The first-order chi connectivity index (χ1) is 11.7. The maximum absolute atomic E-state index is 9.64. The molecule has 0 radical (unpaired) electrons. The molecule has 1 atom stereocenters. The molecule has 4 rings (SSSR count). The summed E-state index contributed by atoms with van der Waals surface area (Å²) in [5.74, 6) is 1.08. The van der Waals surface area contributed by atoms with Crippen LogP contribution in [0, 0.1) is 5.92 Å². The summed E-state index contributed by atoms with van der Waals surface area (Å²) in [5.41, 5.74) is 6.20. The molecule has 0 aromatic heterocycles. The summed E-state index contributed by atoms with van der Waals surface area (Å²) in [6.45, 7) is 0. The van der Waals surface area contributed by atoms with Gasteiger partial charge in [-0.05, 0) is 71.4 Å². The van der Waals surface area contributed by atoms with Crippen molar-refractivity contribution in [2.75, 3.05) is 0 Å². The van der Waals surface area contributed by atoms with Gasteiger partial charge in [0.2, 0.25) is 0 Å². The second kappa shape index (κ2) is 6.04. The Kier molecular flexibility index (Phi) is 3.73. The van der Waals surface area contributed by atoms with E-state index >= 15 is 0 Å². The number of phenolic OH excluding ortho intramolecular Hbond substituents is 2. The summed E-state index contributed by atoms with van der Waals surface area (Å²) < 4.78 is 0. The zero-order valence-corrected chi connectivity index (χ0v) is 13.4. The standard InChI is InChI=1S/C22H20O2/c23-18-11-7-16(8-12-18)22(17-9-13-19(24)14-10-17)21-6-2-4-15-3-1-5-20(15)21/h1,3,5,7-15,23-24H,2,4,6H2. The smallest absolute Gasteiger partial charge is 0.115 e. The molecule has 0 spiro atoms. The molecule has 24 heavy (non-hydrogen) atoms. The summed E-state index contributed by atoms with van der Waals surface area (Å²) in [6.07, 6.45) is 10.1. The van der Waals surface area contributed by atoms with Gasteiger partial charge in [-0.1, -0.05) is 42.5 Å². The van der Waals surface area contributed by atoms with Crippen LogP contribution in [0.25, 0.3) is 5.57 Å². The number of fused-ring (bicyclic) bond motifs is 1. The molecule has 0 aliphatic heterocycles. The summed E-state index contributed by atoms with van der Waals surface area (Å²) >= 11 is 0. The molecule has 2 N–H and O–H groups in total. The van der Waals surface area contributed by atoms with Gasteiger partial charge in [0.25, 0.3) is 0 Å². The Morgan fingerprint density at radius 1 is 0.833 bits per heavy atom. The number of phenols is 2. The molecular weight excluding hydrogens is 296 g/mol. The molecule has 2 aliphatic rings. The molecule has 1 fully saturated rings. The molecule has 0 saturated heterocycles. The normalized spacial score (nSPS) is 19.1. The zero-order chi connectivity index (χ0) is 16.5. The van der Waals surface area contributed by atoms with Crippen molar-refractivity contribution < 1.29 is 10.2 Å². The van der Waals surface area contributed by atoms with E-state index in [0.29, 0.717) is 5.92 Å². The highest BCUT2D eigenvalue weighted by molar-refractivity contribution is 5.85. The van der Waals surface area contributed by atoms with Crippen LogP contribution in [0.2, 0.25) is 0 Å². The van der Waals surface area contributed by atoms with Crippen LogP contribution in [0.1, 0.15) is 30.4 Å². The molecule has 0 bridgehead atoms. The second-order valence-electron chi connectivity index (χ2n) is 6.45. The third-order valence-corrected chi connectivity index (χ3v) is 4.92. The highest BCUT2D eigenvalue weighted by atomic mass is 16.3. The average Bonchev–Trinajstić information content (AvgIpc) is 3.08. The molecule has 2 aliphatic carbocycles. The molecule has 1 unspecified atom stereocenters. The van der Waals surface area contributed by atoms with Crippen LogP contribution in [0.15, 0.2) is 77.9 Å². The Labute approximate surface area is 142 Å². The van der Waals surface area contributed by atoms with Crippen LogP contribution in [0.3, 0.4) is 0 Å². The van der Waals surface area contributed by atoms with Crippen molar-refractivity contribution in [2.45, 2.75) is 19.3 Å². The molecule has 0 heterocycles. The van der Waals surface area contributed by atoms with Crippen LogP contribution < -0.4 is 0 Å². The lowest BCUT2D eigenvalue weighted by molar-refractivity contribution is 0.475. The third-order valence-electron chi connectivity index (χ3n) is 4.92. The predicted molar refractivity (Wildman–Crippen MR) is 96.8 cm³/mol. The lowest BCUT2D eigenvalue weighted by Crippen LogP contribution is -2.10. The van der Waals surface area contributed by atoms with Crippen molar-refractivity contribution in [1.82, 2.24) is 0 Å². The van der Waals surface area contributed by atoms with Gasteiger partial charge in [-0.25, -0.2) is 0 Å². The highest BCUT2D eigenvalue weighted by Crippen LogP contribution is 2.43. The average molecular weight is 316 g/mol. The van der Waals surface area contributed by atoms with Crippen LogP contribution >= 0.6 is 0 Å². The van der Waals surface area contributed by atoms with Gasteiger partial charge in [0, 0.05) is 5.92 Å². The fourth-order valence-electron chi connectivity index (χ4n) is 3.78. The van der Waals surface area contributed by atoms with E-state index in [1.807, 2.05) is 24.3 Å². The quantitative estimate of drug-likeness (QED) is 0.800. The summed E-state index contributed by atoms with van der Waals surface area (Å²) in [5, 5.41) is 19.3. The monoisotopic (exact) mass is 316 g/mol. The van der Waals surface area contributed by atoms with E-state index in [2.05, 4.69) is 18.2 Å². The molecule has 2 nitrogen and oxygen atoms in total. The minimum absolute atomic E-state index is 0.275. The minimum Gasteiger partial charge on any atom is -0.508 e. The van der Waals surface area contributed by atoms with Crippen molar-refractivity contribution in [3.8, 4) is 11.5 Å². The first kappa shape index (κ1) is 14.8. The number of aromatic hydroxyl groups is 2. The van der Waals surface area contributed by atoms with Gasteiger partial charge in [-0.2, -0.15) is 0 Å². The fraction of sp³-hybridized carbons (Fsp3) is 0.182. The van der Waals surface area contributed by atoms with Gasteiger partial charge in [0.1, 0.15) is 11.5 Å². The van der Waals surface area contributed by atoms with Gasteiger partial charge >= 0.3 is 0 Å². The second-order valence-corrected chi connectivity index (χ2v) is 6.45. The Morgan fingerprint density at radius 3 is 2.00 bits per heavy atom. The van der Waals surface area contributed by atoms with Crippen molar-refractivity contribution in [3.63, 3.8) is 0 Å². The van der Waals surface area contributed by atoms with Gasteiger partial charge in [-0.15, -0.1) is 0 Å². The van der Waals surface area contributed by atoms with E-state index < -0.39 is 0 Å². The zero-order valence-electron chi connectivity index (χ0n) is 13.4. The number of hydrogen-bond acceptors (Lipinski definition) is 2. The Hall–Kier alpha value is -2.74. The van der Waals surface area contributed by atoms with E-state index in [1.165, 1.54) is 29.6 Å². The summed E-state index contributed by atoms with van der Waals surface area (Å²) in [7, 11) is 0. The van der Waals surface area contributed by atoms with E-state index in [1.54, 1.807) is 24.3 Å². The van der Waals surface area contributed by atoms with Crippen molar-refractivity contribution in [3.05, 3.63) is 89.0 Å². The van der Waals surface area contributed by atoms with Gasteiger partial charge in [0.15, 0.2) is 0 Å². The molecule has 2 heteroatoms. The van der Waals surface area contributed by atoms with E-state index in [0.717, 1.165) is 17.5 Å². The molecular formula is C22H20O2. The topological polar surface area (TPSA) is 40.5 Å². The molecule has 2 aromatic carbocycles. The van der Waals surface area contributed by atoms with Crippen LogP contribution in [0.4, 0.5) is 0 Å². The molecule has 120 valence electrons. The third kappa shape index (κ3) is 2.65. The number of benzene rings is 2.